The average molecular weight is 427 g/mol. The summed E-state index contributed by atoms with van der Waals surface area (Å²) in [6.07, 6.45) is 3.56. The van der Waals surface area contributed by atoms with Gasteiger partial charge in [-0.25, -0.2) is 4.79 Å². The zero-order valence-electron chi connectivity index (χ0n) is 17.6. The second kappa shape index (κ2) is 9.11. The normalized spacial score (nSPS) is 21.8. The van der Waals surface area contributed by atoms with Crippen LogP contribution in [0, 0.1) is 11.8 Å². The van der Waals surface area contributed by atoms with E-state index in [1.807, 2.05) is 12.2 Å². The summed E-state index contributed by atoms with van der Waals surface area (Å²) in [6, 6.07) is 5.32. The number of amides is 4. The van der Waals surface area contributed by atoms with Crippen molar-refractivity contribution in [3.05, 3.63) is 36.4 Å². The van der Waals surface area contributed by atoms with Crippen LogP contribution in [0.5, 0.6) is 0 Å². The second-order valence-corrected chi connectivity index (χ2v) is 7.71. The summed E-state index contributed by atoms with van der Waals surface area (Å²) < 4.78 is 5.22. The summed E-state index contributed by atoms with van der Waals surface area (Å²) in [5, 5.41) is 5.22. The molecule has 1 saturated heterocycles. The van der Waals surface area contributed by atoms with Crippen molar-refractivity contribution in [1.29, 1.82) is 0 Å². The number of imide groups is 1. The van der Waals surface area contributed by atoms with Gasteiger partial charge in [0.05, 0.1) is 11.8 Å². The monoisotopic (exact) mass is 427 g/mol. The highest BCUT2D eigenvalue weighted by Gasteiger charge is 2.50. The number of anilines is 2. The molecule has 1 aromatic rings. The van der Waals surface area contributed by atoms with Crippen molar-refractivity contribution in [1.82, 2.24) is 4.90 Å². The van der Waals surface area contributed by atoms with E-state index >= 15 is 0 Å². The van der Waals surface area contributed by atoms with Gasteiger partial charge in [0.2, 0.25) is 17.7 Å². The Bertz CT molecular complexity index is 913. The molecule has 0 spiro atoms. The van der Waals surface area contributed by atoms with Crippen molar-refractivity contribution < 1.29 is 28.7 Å². The van der Waals surface area contributed by atoms with Crippen LogP contribution in [0.4, 0.5) is 11.4 Å². The summed E-state index contributed by atoms with van der Waals surface area (Å²) in [5.41, 5.74) is 1.03. The van der Waals surface area contributed by atoms with Crippen molar-refractivity contribution in [3.63, 3.8) is 0 Å². The summed E-state index contributed by atoms with van der Waals surface area (Å²) in [5.74, 6) is -3.22. The molecule has 4 unspecified atom stereocenters. The van der Waals surface area contributed by atoms with E-state index in [9.17, 15) is 24.0 Å². The SMILES string of the molecule is CC(=O)Nc1ccc(NC(=O)C(C)OC(=O)C(C)N2C(=O)C3CC=CCC3C2=O)cc1. The van der Waals surface area contributed by atoms with E-state index in [0.717, 1.165) is 4.90 Å². The first-order chi connectivity index (χ1) is 14.7. The van der Waals surface area contributed by atoms with Crippen LogP contribution < -0.4 is 10.6 Å². The Morgan fingerprint density at radius 3 is 1.90 bits per heavy atom. The van der Waals surface area contributed by atoms with Crippen molar-refractivity contribution >= 4 is 41.0 Å². The first-order valence-corrected chi connectivity index (χ1v) is 10.1. The molecule has 3 rings (SSSR count). The lowest BCUT2D eigenvalue weighted by Crippen LogP contribution is -2.46. The molecule has 1 aliphatic carbocycles. The number of ether oxygens (including phenoxy) is 1. The maximum atomic E-state index is 12.6. The molecular formula is C22H25N3O6. The third-order valence-electron chi connectivity index (χ3n) is 5.41. The molecule has 2 aliphatic rings. The molecule has 9 heteroatoms. The van der Waals surface area contributed by atoms with Gasteiger partial charge in [0.15, 0.2) is 6.10 Å². The third-order valence-corrected chi connectivity index (χ3v) is 5.41. The summed E-state index contributed by atoms with van der Waals surface area (Å²) in [4.78, 5) is 62.2. The van der Waals surface area contributed by atoms with Crippen molar-refractivity contribution in [2.24, 2.45) is 11.8 Å². The Morgan fingerprint density at radius 2 is 1.42 bits per heavy atom. The smallest absolute Gasteiger partial charge is 0.329 e. The molecule has 4 amide bonds. The van der Waals surface area contributed by atoms with Gasteiger partial charge in [-0.3, -0.25) is 24.1 Å². The Kier molecular flexibility index (Phi) is 6.53. The zero-order chi connectivity index (χ0) is 22.7. The zero-order valence-corrected chi connectivity index (χ0v) is 17.6. The number of benzene rings is 1. The molecular weight excluding hydrogens is 402 g/mol. The number of esters is 1. The third kappa shape index (κ3) is 4.82. The van der Waals surface area contributed by atoms with E-state index in [1.54, 1.807) is 24.3 Å². The van der Waals surface area contributed by atoms with Gasteiger partial charge >= 0.3 is 5.97 Å². The van der Waals surface area contributed by atoms with E-state index in [-0.39, 0.29) is 17.7 Å². The highest BCUT2D eigenvalue weighted by atomic mass is 16.5. The first kappa shape index (κ1) is 22.2. The fraction of sp³-hybridized carbons (Fsp3) is 0.409. The van der Waals surface area contributed by atoms with Gasteiger partial charge in [-0.15, -0.1) is 0 Å². The first-order valence-electron chi connectivity index (χ1n) is 10.1. The molecule has 2 N–H and O–H groups in total. The molecule has 1 fully saturated rings. The molecule has 1 aromatic carbocycles. The minimum Gasteiger partial charge on any atom is -0.451 e. The number of likely N-dealkylation sites (tertiary alicyclic amines) is 1. The number of nitrogens with zero attached hydrogens (tertiary/aromatic N) is 1. The number of fused-ring (bicyclic) bond motifs is 1. The van der Waals surface area contributed by atoms with Crippen LogP contribution in [-0.2, 0) is 28.7 Å². The minimum absolute atomic E-state index is 0.211. The van der Waals surface area contributed by atoms with E-state index in [4.69, 9.17) is 4.74 Å². The molecule has 9 nitrogen and oxygen atoms in total. The Balaban J connectivity index is 1.57. The molecule has 4 atom stereocenters. The standard InChI is InChI=1S/C22H25N3O6/c1-12(25-20(28)17-6-4-5-7-18(17)21(25)29)22(30)31-13(2)19(27)24-16-10-8-15(9-11-16)23-14(3)26/h4-5,8-13,17-18H,6-7H2,1-3H3,(H,23,26)(H,24,27). The lowest BCUT2D eigenvalue weighted by molar-refractivity contribution is -0.163. The maximum absolute atomic E-state index is 12.6. The fourth-order valence-corrected chi connectivity index (χ4v) is 3.72. The Hall–Kier alpha value is -3.49. The van der Waals surface area contributed by atoms with Crippen LogP contribution >= 0.6 is 0 Å². The second-order valence-electron chi connectivity index (χ2n) is 7.71. The highest BCUT2D eigenvalue weighted by Crippen LogP contribution is 2.36. The van der Waals surface area contributed by atoms with Crippen LogP contribution in [0.25, 0.3) is 0 Å². The van der Waals surface area contributed by atoms with Crippen molar-refractivity contribution in [3.8, 4) is 0 Å². The number of nitrogens with one attached hydrogen (secondary N) is 2. The van der Waals surface area contributed by atoms with E-state index in [2.05, 4.69) is 10.6 Å². The highest BCUT2D eigenvalue weighted by molar-refractivity contribution is 6.08. The molecule has 31 heavy (non-hydrogen) atoms. The van der Waals surface area contributed by atoms with Crippen LogP contribution in [0.2, 0.25) is 0 Å². The van der Waals surface area contributed by atoms with Gasteiger partial charge in [-0.2, -0.15) is 0 Å². The molecule has 1 aliphatic heterocycles. The van der Waals surface area contributed by atoms with Gasteiger partial charge in [0.1, 0.15) is 6.04 Å². The van der Waals surface area contributed by atoms with Crippen LogP contribution in [0.3, 0.4) is 0 Å². The van der Waals surface area contributed by atoms with Gasteiger partial charge in [-0.05, 0) is 51.0 Å². The molecule has 0 radical (unpaired) electrons. The molecule has 0 saturated carbocycles. The lowest BCUT2D eigenvalue weighted by Gasteiger charge is -2.23. The van der Waals surface area contributed by atoms with Gasteiger partial charge in [0.25, 0.3) is 5.91 Å². The number of hydrogen-bond acceptors (Lipinski definition) is 6. The van der Waals surface area contributed by atoms with Crippen molar-refractivity contribution in [2.75, 3.05) is 10.6 Å². The fourth-order valence-electron chi connectivity index (χ4n) is 3.72. The Labute approximate surface area is 179 Å². The predicted octanol–water partition coefficient (Wildman–Crippen LogP) is 1.85. The number of carbonyl (C=O) groups is 5. The van der Waals surface area contributed by atoms with Gasteiger partial charge in [-0.1, -0.05) is 12.2 Å². The summed E-state index contributed by atoms with van der Waals surface area (Å²) in [6.45, 7) is 4.22. The average Bonchev–Trinajstić information content (AvgIpc) is 2.99. The number of allylic oxidation sites excluding steroid dienone is 2. The summed E-state index contributed by atoms with van der Waals surface area (Å²) >= 11 is 0. The lowest BCUT2D eigenvalue weighted by atomic mass is 9.85. The van der Waals surface area contributed by atoms with Crippen molar-refractivity contribution in [2.45, 2.75) is 45.8 Å². The Morgan fingerprint density at radius 1 is 0.935 bits per heavy atom. The van der Waals surface area contributed by atoms with Crippen LogP contribution in [0.1, 0.15) is 33.6 Å². The van der Waals surface area contributed by atoms with Gasteiger partial charge in [0, 0.05) is 18.3 Å². The molecule has 1 heterocycles. The van der Waals surface area contributed by atoms with Gasteiger partial charge < -0.3 is 15.4 Å². The minimum atomic E-state index is -1.14. The molecule has 0 bridgehead atoms. The van der Waals surface area contributed by atoms with Crippen LogP contribution in [0.15, 0.2) is 36.4 Å². The number of rotatable bonds is 6. The maximum Gasteiger partial charge on any atom is 0.329 e. The van der Waals surface area contributed by atoms with E-state index in [0.29, 0.717) is 24.2 Å². The van der Waals surface area contributed by atoms with Crippen LogP contribution in [-0.4, -0.2) is 46.6 Å². The van der Waals surface area contributed by atoms with E-state index < -0.39 is 35.9 Å². The van der Waals surface area contributed by atoms with E-state index in [1.165, 1.54) is 20.8 Å². The number of hydrogen-bond donors (Lipinski definition) is 2. The predicted molar refractivity (Wildman–Crippen MR) is 112 cm³/mol. The molecule has 164 valence electrons. The molecule has 0 aromatic heterocycles. The quantitative estimate of drug-likeness (QED) is 0.406. The number of carbonyl (C=O) groups excluding carboxylic acids is 5. The largest absolute Gasteiger partial charge is 0.451 e. The topological polar surface area (TPSA) is 122 Å². The summed E-state index contributed by atoms with van der Waals surface area (Å²) in [7, 11) is 0.